The van der Waals surface area contributed by atoms with Crippen molar-refractivity contribution in [2.45, 2.75) is 43.4 Å². The Balaban J connectivity index is 1.51. The smallest absolute Gasteiger partial charge is 0.257 e. The van der Waals surface area contributed by atoms with Crippen LogP contribution in [0.1, 0.15) is 48.2 Å². The Labute approximate surface area is 189 Å². The number of amides is 1. The molecule has 0 saturated carbocycles. The highest BCUT2D eigenvalue weighted by atomic mass is 32.2. The summed E-state index contributed by atoms with van der Waals surface area (Å²) in [6.45, 7) is 3.30. The van der Waals surface area contributed by atoms with E-state index in [1.165, 1.54) is 31.7 Å². The molecule has 1 N–H and O–H groups in total. The first-order valence-corrected chi connectivity index (χ1v) is 13.2. The molecule has 0 spiro atoms. The number of aromatic nitrogens is 2. The van der Waals surface area contributed by atoms with Crippen molar-refractivity contribution < 1.29 is 17.9 Å². The number of nitrogens with one attached hydrogen (secondary N) is 1. The zero-order valence-corrected chi connectivity index (χ0v) is 19.7. The van der Waals surface area contributed by atoms with E-state index in [2.05, 4.69) is 15.1 Å². The van der Waals surface area contributed by atoms with Crippen molar-refractivity contribution in [2.75, 3.05) is 44.4 Å². The van der Waals surface area contributed by atoms with Gasteiger partial charge in [0.15, 0.2) is 9.84 Å². The average molecular weight is 461 g/mol. The third-order valence-corrected chi connectivity index (χ3v) is 7.66. The van der Waals surface area contributed by atoms with E-state index >= 15 is 0 Å². The zero-order valence-electron chi connectivity index (χ0n) is 18.8. The molecule has 4 rings (SSSR count). The summed E-state index contributed by atoms with van der Waals surface area (Å²) < 4.78 is 29.5. The van der Waals surface area contributed by atoms with Crippen LogP contribution in [-0.4, -0.2) is 69.0 Å². The molecule has 32 heavy (non-hydrogen) atoms. The first kappa shape index (κ1) is 22.6. The number of ether oxygens (including phenoxy) is 1. The number of hydrogen-bond acceptors (Lipinski definition) is 6. The number of nitrogens with zero attached hydrogens (tertiary/aromatic N) is 3. The molecule has 0 radical (unpaired) electrons. The molecule has 2 aliphatic heterocycles. The zero-order chi connectivity index (χ0) is 22.7. The van der Waals surface area contributed by atoms with Crippen LogP contribution in [0, 0.1) is 5.92 Å². The second-order valence-corrected chi connectivity index (χ2v) is 10.9. The minimum absolute atomic E-state index is 0.0293. The standard InChI is InChI=1S/C23H32N4O4S/c1-31-21-9-8-18(26-10-4-3-5-11-26)14-19(21)23(28)27-12-6-7-17(16-27)13-20-22(15-24-25-20)32(2,29)30/h8-9,14-15,17H,3-7,10-13,16H2,1-2H3,(H,24,25). The van der Waals surface area contributed by atoms with Gasteiger partial charge in [0, 0.05) is 38.1 Å². The van der Waals surface area contributed by atoms with Crippen LogP contribution < -0.4 is 9.64 Å². The number of likely N-dealkylation sites (tertiary alicyclic amines) is 1. The normalized spacial score (nSPS) is 19.8. The van der Waals surface area contributed by atoms with Crippen molar-refractivity contribution in [2.24, 2.45) is 5.92 Å². The molecule has 3 heterocycles. The number of piperidine rings is 2. The van der Waals surface area contributed by atoms with Gasteiger partial charge in [-0.25, -0.2) is 8.42 Å². The van der Waals surface area contributed by atoms with Crippen molar-refractivity contribution in [3.8, 4) is 5.75 Å². The summed E-state index contributed by atoms with van der Waals surface area (Å²) >= 11 is 0. The molecule has 9 heteroatoms. The van der Waals surface area contributed by atoms with Crippen LogP contribution >= 0.6 is 0 Å². The third-order valence-electron chi connectivity index (χ3n) is 6.51. The number of benzene rings is 1. The summed E-state index contributed by atoms with van der Waals surface area (Å²) in [5.41, 5.74) is 2.28. The number of hydrogen-bond donors (Lipinski definition) is 1. The van der Waals surface area contributed by atoms with Crippen molar-refractivity contribution in [3.63, 3.8) is 0 Å². The van der Waals surface area contributed by atoms with E-state index in [1.807, 2.05) is 23.1 Å². The molecular weight excluding hydrogens is 428 g/mol. The summed E-state index contributed by atoms with van der Waals surface area (Å²) in [5, 5.41) is 6.77. The number of rotatable bonds is 6. The highest BCUT2D eigenvalue weighted by Gasteiger charge is 2.29. The summed E-state index contributed by atoms with van der Waals surface area (Å²) in [4.78, 5) is 18.0. The van der Waals surface area contributed by atoms with E-state index in [9.17, 15) is 13.2 Å². The predicted octanol–water partition coefficient (Wildman–Crippen LogP) is 2.91. The van der Waals surface area contributed by atoms with Gasteiger partial charge in [0.05, 0.1) is 24.6 Å². The summed E-state index contributed by atoms with van der Waals surface area (Å²) in [7, 11) is -1.74. The molecule has 0 bridgehead atoms. The first-order chi connectivity index (χ1) is 15.4. The van der Waals surface area contributed by atoms with Crippen molar-refractivity contribution >= 4 is 21.4 Å². The number of carbonyl (C=O) groups excluding carboxylic acids is 1. The lowest BCUT2D eigenvalue weighted by atomic mass is 9.93. The first-order valence-electron chi connectivity index (χ1n) is 11.3. The Bertz CT molecular complexity index is 1060. The molecule has 174 valence electrons. The molecule has 1 amide bonds. The van der Waals surface area contributed by atoms with Crippen LogP contribution in [0.25, 0.3) is 0 Å². The van der Waals surface area contributed by atoms with Crippen molar-refractivity contribution in [1.29, 1.82) is 0 Å². The largest absolute Gasteiger partial charge is 0.496 e. The maximum Gasteiger partial charge on any atom is 0.257 e. The molecule has 2 saturated heterocycles. The van der Waals surface area contributed by atoms with Gasteiger partial charge in [-0.15, -0.1) is 0 Å². The lowest BCUT2D eigenvalue weighted by molar-refractivity contribution is 0.0669. The maximum atomic E-state index is 13.5. The molecule has 2 aliphatic rings. The van der Waals surface area contributed by atoms with E-state index < -0.39 is 9.84 Å². The minimum Gasteiger partial charge on any atom is -0.496 e. The molecule has 2 aromatic rings. The topological polar surface area (TPSA) is 95.6 Å². The van der Waals surface area contributed by atoms with E-state index in [4.69, 9.17) is 4.74 Å². The van der Waals surface area contributed by atoms with Gasteiger partial charge in [-0.05, 0) is 62.6 Å². The Morgan fingerprint density at radius 3 is 2.69 bits per heavy atom. The molecule has 8 nitrogen and oxygen atoms in total. The fraction of sp³-hybridized carbons (Fsp3) is 0.565. The number of anilines is 1. The van der Waals surface area contributed by atoms with E-state index in [-0.39, 0.29) is 16.7 Å². The Hall–Kier alpha value is -2.55. The van der Waals surface area contributed by atoms with Crippen molar-refractivity contribution in [3.05, 3.63) is 35.7 Å². The van der Waals surface area contributed by atoms with Crippen LogP contribution in [0.4, 0.5) is 5.69 Å². The molecule has 1 aromatic heterocycles. The lowest BCUT2D eigenvalue weighted by Gasteiger charge is -2.34. The van der Waals surface area contributed by atoms with Gasteiger partial charge in [-0.3, -0.25) is 9.89 Å². The maximum absolute atomic E-state index is 13.5. The molecule has 2 fully saturated rings. The van der Waals surface area contributed by atoms with Crippen molar-refractivity contribution in [1.82, 2.24) is 15.1 Å². The highest BCUT2D eigenvalue weighted by molar-refractivity contribution is 7.90. The molecule has 0 aliphatic carbocycles. The Morgan fingerprint density at radius 2 is 1.97 bits per heavy atom. The van der Waals surface area contributed by atoms with E-state index in [0.717, 1.165) is 31.6 Å². The van der Waals surface area contributed by atoms with Gasteiger partial charge in [-0.2, -0.15) is 5.10 Å². The SMILES string of the molecule is COc1ccc(N2CCCCC2)cc1C(=O)N1CCCC(Cc2[nH]ncc2S(C)(=O)=O)C1. The second-order valence-electron chi connectivity index (χ2n) is 8.88. The van der Waals surface area contributed by atoms with Gasteiger partial charge in [0.1, 0.15) is 10.6 Å². The molecular formula is C23H32N4O4S. The number of aromatic amines is 1. The predicted molar refractivity (Wildman–Crippen MR) is 123 cm³/mol. The second kappa shape index (κ2) is 9.52. The average Bonchev–Trinajstić information content (AvgIpc) is 3.28. The van der Waals surface area contributed by atoms with Crippen LogP contribution in [0.2, 0.25) is 0 Å². The molecule has 1 unspecified atom stereocenters. The van der Waals surface area contributed by atoms with Gasteiger partial charge in [0.2, 0.25) is 0 Å². The highest BCUT2D eigenvalue weighted by Crippen LogP contribution is 2.30. The summed E-state index contributed by atoms with van der Waals surface area (Å²) in [5.74, 6) is 0.731. The lowest BCUT2D eigenvalue weighted by Crippen LogP contribution is -2.41. The van der Waals surface area contributed by atoms with Crippen LogP contribution in [-0.2, 0) is 16.3 Å². The molecule has 1 atom stereocenters. The Kier molecular flexibility index (Phi) is 6.74. The molecule has 1 aromatic carbocycles. The Morgan fingerprint density at radius 1 is 1.19 bits per heavy atom. The summed E-state index contributed by atoms with van der Waals surface area (Å²) in [6.07, 6.45) is 8.54. The minimum atomic E-state index is -3.33. The number of carbonyl (C=O) groups is 1. The summed E-state index contributed by atoms with van der Waals surface area (Å²) in [6, 6.07) is 5.89. The quantitative estimate of drug-likeness (QED) is 0.712. The number of methoxy groups -OCH3 is 1. The van der Waals surface area contributed by atoms with Gasteiger partial charge in [-0.1, -0.05) is 0 Å². The number of sulfone groups is 1. The van der Waals surface area contributed by atoms with E-state index in [0.29, 0.717) is 36.5 Å². The van der Waals surface area contributed by atoms with Gasteiger partial charge < -0.3 is 14.5 Å². The van der Waals surface area contributed by atoms with Gasteiger partial charge >= 0.3 is 0 Å². The fourth-order valence-electron chi connectivity index (χ4n) is 4.85. The fourth-order valence-corrected chi connectivity index (χ4v) is 5.68. The van der Waals surface area contributed by atoms with Crippen LogP contribution in [0.5, 0.6) is 5.75 Å². The third kappa shape index (κ3) is 4.92. The van der Waals surface area contributed by atoms with Gasteiger partial charge in [0.25, 0.3) is 5.91 Å². The van der Waals surface area contributed by atoms with E-state index in [1.54, 1.807) is 7.11 Å². The monoisotopic (exact) mass is 460 g/mol. The number of H-pyrrole nitrogens is 1. The van der Waals surface area contributed by atoms with Crippen LogP contribution in [0.15, 0.2) is 29.3 Å². The van der Waals surface area contributed by atoms with Crippen LogP contribution in [0.3, 0.4) is 0 Å².